The molecule has 2 aromatic rings. The fourth-order valence-corrected chi connectivity index (χ4v) is 2.55. The average Bonchev–Trinajstić information content (AvgIpc) is 2.86. The lowest BCUT2D eigenvalue weighted by molar-refractivity contribution is 0.0954. The van der Waals surface area contributed by atoms with Crippen molar-refractivity contribution in [3.05, 3.63) is 53.6 Å². The summed E-state index contributed by atoms with van der Waals surface area (Å²) in [7, 11) is 1.58. The zero-order valence-corrected chi connectivity index (χ0v) is 13.7. The Labute approximate surface area is 141 Å². The van der Waals surface area contributed by atoms with Gasteiger partial charge in [0, 0.05) is 18.5 Å². The molecule has 0 aromatic heterocycles. The van der Waals surface area contributed by atoms with Crippen LogP contribution in [0.4, 0.5) is 0 Å². The predicted octanol–water partition coefficient (Wildman–Crippen LogP) is 2.83. The van der Waals surface area contributed by atoms with E-state index >= 15 is 0 Å². The van der Waals surface area contributed by atoms with Gasteiger partial charge in [0.05, 0.1) is 20.3 Å². The minimum Gasteiger partial charge on any atom is -0.497 e. The van der Waals surface area contributed by atoms with Crippen LogP contribution in [0.5, 0.6) is 17.2 Å². The predicted molar refractivity (Wildman–Crippen MR) is 91.1 cm³/mol. The zero-order valence-electron chi connectivity index (χ0n) is 13.7. The molecule has 0 aliphatic carbocycles. The minimum atomic E-state index is -0.108. The van der Waals surface area contributed by atoms with E-state index in [1.54, 1.807) is 25.3 Å². The number of rotatable bonds is 5. The summed E-state index contributed by atoms with van der Waals surface area (Å²) in [5.41, 5.74) is 1.69. The molecule has 1 amide bonds. The van der Waals surface area contributed by atoms with Gasteiger partial charge in [0.2, 0.25) is 0 Å². The van der Waals surface area contributed by atoms with Gasteiger partial charge in [0.15, 0.2) is 11.5 Å². The number of carbonyl (C=O) groups excluding carboxylic acids is 1. The molecule has 0 fully saturated rings. The molecule has 0 saturated carbocycles. The Hall–Kier alpha value is -2.69. The van der Waals surface area contributed by atoms with Crippen LogP contribution in [0.2, 0.25) is 0 Å². The van der Waals surface area contributed by atoms with E-state index in [1.807, 2.05) is 24.3 Å². The van der Waals surface area contributed by atoms with Crippen LogP contribution in [-0.4, -0.2) is 32.8 Å². The molecule has 1 aliphatic heterocycles. The van der Waals surface area contributed by atoms with Crippen molar-refractivity contribution < 1.29 is 19.0 Å². The minimum absolute atomic E-state index is 0.108. The van der Waals surface area contributed by atoms with Gasteiger partial charge in [-0.3, -0.25) is 4.79 Å². The van der Waals surface area contributed by atoms with Crippen LogP contribution in [0, 0.1) is 0 Å². The van der Waals surface area contributed by atoms with E-state index in [1.165, 1.54) is 0 Å². The summed E-state index contributed by atoms with van der Waals surface area (Å²) in [5, 5.41) is 2.92. The van der Waals surface area contributed by atoms with Gasteiger partial charge >= 0.3 is 0 Å². The molecule has 1 heterocycles. The van der Waals surface area contributed by atoms with E-state index in [4.69, 9.17) is 14.2 Å². The normalized spacial score (nSPS) is 13.0. The van der Waals surface area contributed by atoms with Crippen molar-refractivity contribution >= 4 is 5.91 Å². The number of nitrogens with one attached hydrogen (secondary N) is 1. The fraction of sp³-hybridized carbons (Fsp3) is 0.316. The number of hydrogen-bond donors (Lipinski definition) is 1. The summed E-state index contributed by atoms with van der Waals surface area (Å²) in [6, 6.07) is 13.0. The Balaban J connectivity index is 1.56. The highest BCUT2D eigenvalue weighted by Gasteiger charge is 2.11. The smallest absolute Gasteiger partial charge is 0.251 e. The van der Waals surface area contributed by atoms with E-state index in [0.29, 0.717) is 31.1 Å². The standard InChI is InChI=1S/C19H21NO4/c1-22-16-5-2-4-15(13-16)19(21)20-9-8-14-6-7-17-18(12-14)24-11-3-10-23-17/h2,4-7,12-13H,3,8-11H2,1H3,(H,20,21). The SMILES string of the molecule is COc1cccc(C(=O)NCCc2ccc3c(c2)OCCCO3)c1. The third-order valence-corrected chi connectivity index (χ3v) is 3.84. The van der Waals surface area contributed by atoms with E-state index in [0.717, 1.165) is 29.9 Å². The maximum Gasteiger partial charge on any atom is 0.251 e. The molecule has 0 atom stereocenters. The number of ether oxygens (including phenoxy) is 3. The van der Waals surface area contributed by atoms with Crippen molar-refractivity contribution in [2.75, 3.05) is 26.9 Å². The highest BCUT2D eigenvalue weighted by molar-refractivity contribution is 5.94. The van der Waals surface area contributed by atoms with E-state index in [2.05, 4.69) is 5.32 Å². The number of hydrogen-bond acceptors (Lipinski definition) is 4. The topological polar surface area (TPSA) is 56.8 Å². The molecule has 1 N–H and O–H groups in total. The molecule has 0 unspecified atom stereocenters. The summed E-state index contributed by atoms with van der Waals surface area (Å²) in [6.07, 6.45) is 1.62. The van der Waals surface area contributed by atoms with Gasteiger partial charge in [-0.2, -0.15) is 0 Å². The van der Waals surface area contributed by atoms with Crippen molar-refractivity contribution in [1.29, 1.82) is 0 Å². The monoisotopic (exact) mass is 327 g/mol. The molecule has 2 aromatic carbocycles. The first kappa shape index (κ1) is 16.2. The first-order valence-electron chi connectivity index (χ1n) is 8.07. The van der Waals surface area contributed by atoms with Crippen LogP contribution >= 0.6 is 0 Å². The van der Waals surface area contributed by atoms with Crippen molar-refractivity contribution in [2.45, 2.75) is 12.8 Å². The largest absolute Gasteiger partial charge is 0.497 e. The summed E-state index contributed by atoms with van der Waals surface area (Å²) >= 11 is 0. The number of methoxy groups -OCH3 is 1. The van der Waals surface area contributed by atoms with Gasteiger partial charge in [-0.1, -0.05) is 12.1 Å². The molecule has 126 valence electrons. The first-order valence-corrected chi connectivity index (χ1v) is 8.07. The third-order valence-electron chi connectivity index (χ3n) is 3.84. The molecule has 0 spiro atoms. The molecule has 0 radical (unpaired) electrons. The molecule has 5 nitrogen and oxygen atoms in total. The van der Waals surface area contributed by atoms with E-state index in [9.17, 15) is 4.79 Å². The van der Waals surface area contributed by atoms with Gasteiger partial charge in [-0.05, 0) is 42.3 Å². The van der Waals surface area contributed by atoms with Crippen molar-refractivity contribution in [3.63, 3.8) is 0 Å². The van der Waals surface area contributed by atoms with Crippen LogP contribution in [0.3, 0.4) is 0 Å². The van der Waals surface area contributed by atoms with Crippen molar-refractivity contribution in [3.8, 4) is 17.2 Å². The molecule has 24 heavy (non-hydrogen) atoms. The van der Waals surface area contributed by atoms with Crippen LogP contribution in [0.15, 0.2) is 42.5 Å². The molecule has 1 aliphatic rings. The van der Waals surface area contributed by atoms with Crippen molar-refractivity contribution in [1.82, 2.24) is 5.32 Å². The van der Waals surface area contributed by atoms with Gasteiger partial charge in [0.1, 0.15) is 5.75 Å². The van der Waals surface area contributed by atoms with Crippen molar-refractivity contribution in [2.24, 2.45) is 0 Å². The van der Waals surface area contributed by atoms with Crippen LogP contribution < -0.4 is 19.5 Å². The van der Waals surface area contributed by atoms with Gasteiger partial charge in [-0.15, -0.1) is 0 Å². The first-order chi connectivity index (χ1) is 11.8. The lowest BCUT2D eigenvalue weighted by atomic mass is 10.1. The molecule has 3 rings (SSSR count). The average molecular weight is 327 g/mol. The second kappa shape index (κ2) is 7.73. The van der Waals surface area contributed by atoms with Crippen LogP contribution in [-0.2, 0) is 6.42 Å². The molecule has 0 bridgehead atoms. The van der Waals surface area contributed by atoms with E-state index in [-0.39, 0.29) is 5.91 Å². The Morgan fingerprint density at radius 1 is 1.12 bits per heavy atom. The third kappa shape index (κ3) is 3.98. The molecular formula is C19H21NO4. The number of fused-ring (bicyclic) bond motifs is 1. The molecule has 0 saturated heterocycles. The van der Waals surface area contributed by atoms with Gasteiger partial charge in [-0.25, -0.2) is 0 Å². The lowest BCUT2D eigenvalue weighted by Crippen LogP contribution is -2.25. The maximum atomic E-state index is 12.2. The highest BCUT2D eigenvalue weighted by Crippen LogP contribution is 2.30. The van der Waals surface area contributed by atoms with Crippen LogP contribution in [0.1, 0.15) is 22.3 Å². The number of amides is 1. The lowest BCUT2D eigenvalue weighted by Gasteiger charge is -2.10. The fourth-order valence-electron chi connectivity index (χ4n) is 2.55. The van der Waals surface area contributed by atoms with Gasteiger partial charge < -0.3 is 19.5 Å². The number of carbonyl (C=O) groups is 1. The Kier molecular flexibility index (Phi) is 5.21. The highest BCUT2D eigenvalue weighted by atomic mass is 16.5. The maximum absolute atomic E-state index is 12.2. The zero-order chi connectivity index (χ0) is 16.8. The molecule has 5 heteroatoms. The summed E-state index contributed by atoms with van der Waals surface area (Å²) in [6.45, 7) is 1.90. The second-order valence-electron chi connectivity index (χ2n) is 5.57. The number of benzene rings is 2. The quantitative estimate of drug-likeness (QED) is 0.917. The van der Waals surface area contributed by atoms with Crippen LogP contribution in [0.25, 0.3) is 0 Å². The summed E-state index contributed by atoms with van der Waals surface area (Å²) in [4.78, 5) is 12.2. The van der Waals surface area contributed by atoms with E-state index < -0.39 is 0 Å². The Morgan fingerprint density at radius 2 is 1.96 bits per heavy atom. The Bertz CT molecular complexity index is 714. The second-order valence-corrected chi connectivity index (χ2v) is 5.57. The molecular weight excluding hydrogens is 306 g/mol. The Morgan fingerprint density at radius 3 is 2.79 bits per heavy atom. The summed E-state index contributed by atoms with van der Waals surface area (Å²) < 4.78 is 16.4. The summed E-state index contributed by atoms with van der Waals surface area (Å²) in [5.74, 6) is 2.13. The van der Waals surface area contributed by atoms with Gasteiger partial charge in [0.25, 0.3) is 5.91 Å².